The monoisotopic (exact) mass is 490 g/mol. The molecule has 8 nitrogen and oxygen atoms in total. The average Bonchev–Trinajstić information content (AvgIpc) is 2.84. The quantitative estimate of drug-likeness (QED) is 0.194. The normalized spacial score (nSPS) is 13.9. The Labute approximate surface area is 207 Å². The molecule has 0 spiro atoms. The highest BCUT2D eigenvalue weighted by molar-refractivity contribution is 5.25. The maximum atomic E-state index is 6.32. The van der Waals surface area contributed by atoms with Gasteiger partial charge < -0.3 is 37.9 Å². The Morgan fingerprint density at radius 3 is 1.41 bits per heavy atom. The topological polar surface area (TPSA) is 73.8 Å². The summed E-state index contributed by atoms with van der Waals surface area (Å²) in [5, 5.41) is 0. The summed E-state index contributed by atoms with van der Waals surface area (Å²) in [6.45, 7) is 21.3. The molecule has 0 bridgehead atoms. The molecule has 202 valence electrons. The molecule has 0 aliphatic rings. The minimum Gasteiger partial charge on any atom is -0.496 e. The molecule has 0 aliphatic carbocycles. The van der Waals surface area contributed by atoms with Crippen LogP contribution >= 0.6 is 0 Å². The first kappa shape index (κ1) is 32.8. The second-order valence-corrected chi connectivity index (χ2v) is 7.08. The van der Waals surface area contributed by atoms with Crippen LogP contribution in [0.1, 0.15) is 55.4 Å². The van der Waals surface area contributed by atoms with Crippen LogP contribution in [0, 0.1) is 0 Å². The van der Waals surface area contributed by atoms with Gasteiger partial charge in [-0.15, -0.1) is 0 Å². The Morgan fingerprint density at radius 2 is 0.941 bits per heavy atom. The third-order valence-corrected chi connectivity index (χ3v) is 4.75. The van der Waals surface area contributed by atoms with Gasteiger partial charge in [0.1, 0.15) is 30.3 Å². The van der Waals surface area contributed by atoms with Crippen LogP contribution < -0.4 is 0 Å². The molecular formula is C26H50O8. The van der Waals surface area contributed by atoms with Crippen molar-refractivity contribution >= 4 is 0 Å². The Bertz CT molecular complexity index is 537. The SMILES string of the molecule is CCOCC(COCC)=C(OCC)C(OCC)C(OCC)/C(COCC)=C(/COCC)OCC. The number of ether oxygens (including phenoxy) is 8. The molecule has 0 aromatic rings. The Kier molecular flexibility index (Phi) is 21.6. The molecule has 0 aliphatic heterocycles. The van der Waals surface area contributed by atoms with Crippen molar-refractivity contribution in [2.75, 3.05) is 79.3 Å². The third kappa shape index (κ3) is 12.5. The first-order chi connectivity index (χ1) is 16.6. The summed E-state index contributed by atoms with van der Waals surface area (Å²) in [6, 6.07) is 0. The number of rotatable bonds is 23. The zero-order valence-corrected chi connectivity index (χ0v) is 22.9. The van der Waals surface area contributed by atoms with E-state index in [2.05, 4.69) is 0 Å². The molecule has 0 aromatic carbocycles. The molecule has 0 aromatic heterocycles. The molecule has 0 saturated heterocycles. The molecule has 0 rings (SSSR count). The van der Waals surface area contributed by atoms with Crippen LogP contribution in [-0.4, -0.2) is 91.5 Å². The van der Waals surface area contributed by atoms with E-state index in [4.69, 9.17) is 37.9 Å². The van der Waals surface area contributed by atoms with E-state index in [9.17, 15) is 0 Å². The second-order valence-electron chi connectivity index (χ2n) is 7.08. The Hall–Kier alpha value is -1.16. The summed E-state index contributed by atoms with van der Waals surface area (Å²) < 4.78 is 47.9. The van der Waals surface area contributed by atoms with Gasteiger partial charge in [-0.05, 0) is 55.4 Å². The van der Waals surface area contributed by atoms with E-state index >= 15 is 0 Å². The first-order valence-electron chi connectivity index (χ1n) is 12.8. The van der Waals surface area contributed by atoms with Gasteiger partial charge in [0.2, 0.25) is 0 Å². The van der Waals surface area contributed by atoms with Gasteiger partial charge in [0.15, 0.2) is 0 Å². The summed E-state index contributed by atoms with van der Waals surface area (Å²) in [5.41, 5.74) is 1.74. The predicted molar refractivity (Wildman–Crippen MR) is 134 cm³/mol. The van der Waals surface area contributed by atoms with E-state index in [1.807, 2.05) is 55.4 Å². The van der Waals surface area contributed by atoms with Crippen molar-refractivity contribution in [1.29, 1.82) is 0 Å². The van der Waals surface area contributed by atoms with E-state index < -0.39 is 12.2 Å². The Morgan fingerprint density at radius 1 is 0.471 bits per heavy atom. The zero-order valence-electron chi connectivity index (χ0n) is 22.9. The summed E-state index contributed by atoms with van der Waals surface area (Å²) >= 11 is 0. The second kappa shape index (κ2) is 22.3. The largest absolute Gasteiger partial charge is 0.496 e. The van der Waals surface area contributed by atoms with Crippen LogP contribution in [-0.2, 0) is 37.9 Å². The Balaban J connectivity index is 6.77. The lowest BCUT2D eigenvalue weighted by molar-refractivity contribution is -0.0653. The highest BCUT2D eigenvalue weighted by Crippen LogP contribution is 2.28. The van der Waals surface area contributed by atoms with Gasteiger partial charge in [-0.3, -0.25) is 0 Å². The minimum absolute atomic E-state index is 0.327. The maximum absolute atomic E-state index is 6.32. The van der Waals surface area contributed by atoms with Gasteiger partial charge in [-0.2, -0.15) is 0 Å². The smallest absolute Gasteiger partial charge is 0.145 e. The molecule has 0 amide bonds. The van der Waals surface area contributed by atoms with Crippen molar-refractivity contribution in [2.45, 2.75) is 67.6 Å². The van der Waals surface area contributed by atoms with E-state index in [1.165, 1.54) is 0 Å². The lowest BCUT2D eigenvalue weighted by Gasteiger charge is -2.33. The molecule has 0 radical (unpaired) electrons. The molecule has 0 saturated carbocycles. The summed E-state index contributed by atoms with van der Waals surface area (Å²) in [4.78, 5) is 0. The first-order valence-corrected chi connectivity index (χ1v) is 12.8. The van der Waals surface area contributed by atoms with E-state index in [-0.39, 0.29) is 0 Å². The van der Waals surface area contributed by atoms with Crippen molar-refractivity contribution in [3.05, 3.63) is 22.7 Å². The van der Waals surface area contributed by atoms with Gasteiger partial charge >= 0.3 is 0 Å². The summed E-state index contributed by atoms with van der Waals surface area (Å²) in [6.07, 6.45) is -1.04. The van der Waals surface area contributed by atoms with Gasteiger partial charge in [-0.1, -0.05) is 0 Å². The molecule has 34 heavy (non-hydrogen) atoms. The summed E-state index contributed by atoms with van der Waals surface area (Å²) in [5.74, 6) is 1.37. The highest BCUT2D eigenvalue weighted by atomic mass is 16.6. The lowest BCUT2D eigenvalue weighted by Crippen LogP contribution is -2.40. The summed E-state index contributed by atoms with van der Waals surface area (Å²) in [7, 11) is 0. The van der Waals surface area contributed by atoms with Crippen LogP contribution in [0.4, 0.5) is 0 Å². The van der Waals surface area contributed by atoms with Crippen LogP contribution in [0.15, 0.2) is 22.7 Å². The van der Waals surface area contributed by atoms with Crippen molar-refractivity contribution in [1.82, 2.24) is 0 Å². The maximum Gasteiger partial charge on any atom is 0.145 e. The third-order valence-electron chi connectivity index (χ3n) is 4.75. The highest BCUT2D eigenvalue weighted by Gasteiger charge is 2.35. The van der Waals surface area contributed by atoms with Crippen molar-refractivity contribution in [3.8, 4) is 0 Å². The molecule has 0 heterocycles. The predicted octanol–water partition coefficient (Wildman–Crippen LogP) is 4.52. The van der Waals surface area contributed by atoms with Crippen LogP contribution in [0.5, 0.6) is 0 Å². The van der Waals surface area contributed by atoms with Crippen molar-refractivity contribution in [2.24, 2.45) is 0 Å². The van der Waals surface area contributed by atoms with E-state index in [1.54, 1.807) is 0 Å². The van der Waals surface area contributed by atoms with Gasteiger partial charge in [0.25, 0.3) is 0 Å². The molecule has 2 atom stereocenters. The standard InChI is InChI=1S/C26H50O8/c1-9-27-17-21(18-28-10-2)24(32-14-6)26(34-16-8)25(33-15-7)22(19-29-11-3)23(31-13-5)20-30-12-4/h25-26H,9-20H2,1-8H3/b23-22-. The van der Waals surface area contributed by atoms with Gasteiger partial charge in [-0.25, -0.2) is 0 Å². The number of hydrogen-bond donors (Lipinski definition) is 0. The fourth-order valence-corrected chi connectivity index (χ4v) is 3.34. The minimum atomic E-state index is -0.534. The van der Waals surface area contributed by atoms with E-state index in [0.29, 0.717) is 90.8 Å². The van der Waals surface area contributed by atoms with E-state index in [0.717, 1.165) is 11.1 Å². The molecule has 0 fully saturated rings. The molecule has 0 N–H and O–H groups in total. The van der Waals surface area contributed by atoms with Crippen LogP contribution in [0.2, 0.25) is 0 Å². The zero-order chi connectivity index (χ0) is 25.6. The van der Waals surface area contributed by atoms with Gasteiger partial charge in [0.05, 0.1) is 33.0 Å². The fourth-order valence-electron chi connectivity index (χ4n) is 3.34. The van der Waals surface area contributed by atoms with Crippen molar-refractivity contribution in [3.63, 3.8) is 0 Å². The van der Waals surface area contributed by atoms with Gasteiger partial charge in [0, 0.05) is 50.8 Å². The molecule has 8 heteroatoms. The fraction of sp³-hybridized carbons (Fsp3) is 0.846. The lowest BCUT2D eigenvalue weighted by atomic mass is 9.99. The van der Waals surface area contributed by atoms with Crippen LogP contribution in [0.25, 0.3) is 0 Å². The number of hydrogen-bond acceptors (Lipinski definition) is 8. The molecule has 2 unspecified atom stereocenters. The molecular weight excluding hydrogens is 440 g/mol. The van der Waals surface area contributed by atoms with Crippen LogP contribution in [0.3, 0.4) is 0 Å². The average molecular weight is 491 g/mol. The van der Waals surface area contributed by atoms with Crippen molar-refractivity contribution < 1.29 is 37.9 Å².